The minimum Gasteiger partial charge on any atom is -0.204 e. The minimum atomic E-state index is -2.54. The fourth-order valence-corrected chi connectivity index (χ4v) is 3.95. The van der Waals surface area contributed by atoms with Crippen LogP contribution in [0, 0.1) is 65.1 Å². The highest BCUT2D eigenvalue weighted by atomic mass is 19.2. The van der Waals surface area contributed by atoms with Crippen molar-refractivity contribution in [1.82, 2.24) is 0 Å². The Morgan fingerprint density at radius 1 is 0.576 bits per heavy atom. The second-order valence-electron chi connectivity index (χ2n) is 7.50. The topological polar surface area (TPSA) is 0 Å². The predicted molar refractivity (Wildman–Crippen MR) is 100 cm³/mol. The van der Waals surface area contributed by atoms with E-state index in [9.17, 15) is 43.9 Å². The van der Waals surface area contributed by atoms with E-state index in [1.165, 1.54) is 6.07 Å². The number of hydrogen-bond acceptors (Lipinski definition) is 0. The molecule has 3 aromatic rings. The maximum Gasteiger partial charge on any atom is 0.253 e. The van der Waals surface area contributed by atoms with Crippen molar-refractivity contribution in [1.29, 1.82) is 0 Å². The maximum atomic E-state index is 14.7. The smallest absolute Gasteiger partial charge is 0.204 e. The molecule has 0 aromatic heterocycles. The van der Waals surface area contributed by atoms with Gasteiger partial charge in [-0.05, 0) is 24.5 Å². The van der Waals surface area contributed by atoms with Gasteiger partial charge in [-0.1, -0.05) is 35.3 Å². The van der Waals surface area contributed by atoms with E-state index in [4.69, 9.17) is 0 Å². The van der Waals surface area contributed by atoms with Gasteiger partial charge >= 0.3 is 0 Å². The second kappa shape index (κ2) is 7.96. The summed E-state index contributed by atoms with van der Waals surface area (Å²) < 4.78 is 142. The molecule has 0 fully saturated rings. The molecular weight excluding hydrogens is 465 g/mol. The SMILES string of the molecule is Cc1ccc2c(c1)CC(B(c1c(F)c(F)c(F)c(F)c1F)c1c(F)c(F)c(F)c(F)c1F)=C2. The van der Waals surface area contributed by atoms with Crippen LogP contribution < -0.4 is 10.9 Å². The Hall–Kier alpha value is -3.24. The molecule has 1 aliphatic carbocycles. The van der Waals surface area contributed by atoms with Gasteiger partial charge in [-0.2, -0.15) is 0 Å². The molecule has 11 heteroatoms. The van der Waals surface area contributed by atoms with Crippen LogP contribution in [-0.2, 0) is 6.42 Å². The second-order valence-corrected chi connectivity index (χ2v) is 7.50. The average Bonchev–Trinajstić information content (AvgIpc) is 3.20. The number of halogens is 10. The Bertz CT molecular complexity index is 1230. The molecule has 0 aliphatic heterocycles. The summed E-state index contributed by atoms with van der Waals surface area (Å²) in [4.78, 5) is 0. The normalized spacial score (nSPS) is 12.8. The average molecular weight is 474 g/mol. The van der Waals surface area contributed by atoms with Crippen LogP contribution in [-0.4, -0.2) is 6.71 Å². The molecule has 0 nitrogen and oxygen atoms in total. The Balaban J connectivity index is 2.09. The highest BCUT2D eigenvalue weighted by Crippen LogP contribution is 2.30. The summed E-state index contributed by atoms with van der Waals surface area (Å²) in [5.74, 6) is -24.6. The summed E-state index contributed by atoms with van der Waals surface area (Å²) in [6, 6.07) is 4.73. The number of fused-ring (bicyclic) bond motifs is 1. The summed E-state index contributed by atoms with van der Waals surface area (Å²) in [6.45, 7) is -0.823. The number of rotatable bonds is 3. The van der Waals surface area contributed by atoms with Gasteiger partial charge in [-0.25, -0.2) is 43.9 Å². The number of aryl methyl sites for hydroxylation is 1. The monoisotopic (exact) mass is 474 g/mol. The van der Waals surface area contributed by atoms with Crippen LogP contribution in [0.3, 0.4) is 0 Å². The van der Waals surface area contributed by atoms with Crippen molar-refractivity contribution < 1.29 is 43.9 Å². The fourth-order valence-electron chi connectivity index (χ4n) is 3.95. The zero-order valence-corrected chi connectivity index (χ0v) is 16.4. The van der Waals surface area contributed by atoms with Gasteiger partial charge in [-0.3, -0.25) is 0 Å². The molecule has 0 bridgehead atoms. The van der Waals surface area contributed by atoms with E-state index in [2.05, 4.69) is 0 Å². The molecule has 0 heterocycles. The highest BCUT2D eigenvalue weighted by Gasteiger charge is 2.42. The van der Waals surface area contributed by atoms with Crippen LogP contribution in [0.1, 0.15) is 16.7 Å². The third-order valence-electron chi connectivity index (χ3n) is 5.47. The van der Waals surface area contributed by atoms with Gasteiger partial charge in [0.15, 0.2) is 58.2 Å². The Morgan fingerprint density at radius 3 is 1.39 bits per heavy atom. The first-order valence-electron chi connectivity index (χ1n) is 9.28. The molecule has 0 unspecified atom stereocenters. The van der Waals surface area contributed by atoms with Crippen molar-refractivity contribution in [3.63, 3.8) is 0 Å². The summed E-state index contributed by atoms with van der Waals surface area (Å²) in [7, 11) is 0. The molecule has 0 saturated heterocycles. The first kappa shape index (κ1) is 22.9. The zero-order valence-electron chi connectivity index (χ0n) is 16.4. The quantitative estimate of drug-likeness (QED) is 0.213. The maximum absolute atomic E-state index is 14.7. The number of allylic oxidation sites excluding steroid dienone is 1. The highest BCUT2D eigenvalue weighted by molar-refractivity contribution is 6.91. The Morgan fingerprint density at radius 2 is 0.970 bits per heavy atom. The molecule has 3 aromatic carbocycles. The van der Waals surface area contributed by atoms with Crippen molar-refractivity contribution in [2.75, 3.05) is 0 Å². The van der Waals surface area contributed by atoms with Crippen LogP contribution in [0.2, 0.25) is 0 Å². The van der Waals surface area contributed by atoms with Gasteiger partial charge in [0.25, 0.3) is 6.71 Å². The fraction of sp³-hybridized carbons (Fsp3) is 0.0909. The molecule has 4 rings (SSSR count). The molecule has 0 N–H and O–H groups in total. The summed E-state index contributed by atoms with van der Waals surface area (Å²) >= 11 is 0. The summed E-state index contributed by atoms with van der Waals surface area (Å²) in [5, 5.41) is 0. The Kier molecular flexibility index (Phi) is 5.54. The van der Waals surface area contributed by atoms with Crippen LogP contribution >= 0.6 is 0 Å². The van der Waals surface area contributed by atoms with E-state index < -0.39 is 75.8 Å². The lowest BCUT2D eigenvalue weighted by Crippen LogP contribution is -2.52. The minimum absolute atomic E-state index is 0.305. The van der Waals surface area contributed by atoms with E-state index in [1.807, 2.05) is 0 Å². The standard InChI is InChI=1S/C22H9BF10/c1-7-2-3-8-5-10(6-9(8)4-7)23(11-13(24)17(28)21(32)18(29)14(11)25)12-15(26)19(30)22(33)20(31)16(12)27/h2-5H,6H2,1H3. The third kappa shape index (κ3) is 3.41. The van der Waals surface area contributed by atoms with E-state index >= 15 is 0 Å². The summed E-state index contributed by atoms with van der Waals surface area (Å²) in [6.07, 6.45) is 0.843. The van der Waals surface area contributed by atoms with Gasteiger partial charge < -0.3 is 0 Å². The predicted octanol–water partition coefficient (Wildman–Crippen LogP) is 5.17. The van der Waals surface area contributed by atoms with Crippen molar-refractivity contribution >= 4 is 23.7 Å². The zero-order chi connectivity index (χ0) is 24.4. The van der Waals surface area contributed by atoms with E-state index in [-0.39, 0.29) is 11.9 Å². The first-order valence-corrected chi connectivity index (χ1v) is 9.28. The van der Waals surface area contributed by atoms with Crippen LogP contribution in [0.4, 0.5) is 43.9 Å². The van der Waals surface area contributed by atoms with Gasteiger partial charge in [0.05, 0.1) is 0 Å². The Labute approximate surface area is 180 Å². The van der Waals surface area contributed by atoms with E-state index in [0.717, 1.165) is 6.08 Å². The molecule has 0 radical (unpaired) electrons. The molecule has 1 aliphatic rings. The molecule has 0 spiro atoms. The lowest BCUT2D eigenvalue weighted by atomic mass is 9.35. The molecule has 170 valence electrons. The van der Waals surface area contributed by atoms with Gasteiger partial charge in [0, 0.05) is 10.9 Å². The lowest BCUT2D eigenvalue weighted by molar-refractivity contribution is 0.382. The van der Waals surface area contributed by atoms with Crippen molar-refractivity contribution in [2.24, 2.45) is 0 Å². The number of hydrogen-bond donors (Lipinski definition) is 0. The molecular formula is C22H9BF10. The third-order valence-corrected chi connectivity index (χ3v) is 5.47. The first-order chi connectivity index (χ1) is 15.5. The van der Waals surface area contributed by atoms with Crippen LogP contribution in [0.25, 0.3) is 6.08 Å². The van der Waals surface area contributed by atoms with Crippen LogP contribution in [0.15, 0.2) is 23.7 Å². The molecule has 33 heavy (non-hydrogen) atoms. The molecule has 0 atom stereocenters. The van der Waals surface area contributed by atoms with Gasteiger partial charge in [0.2, 0.25) is 0 Å². The lowest BCUT2D eigenvalue weighted by Gasteiger charge is -2.20. The van der Waals surface area contributed by atoms with Crippen molar-refractivity contribution in [3.8, 4) is 0 Å². The van der Waals surface area contributed by atoms with E-state index in [0.29, 0.717) is 16.7 Å². The van der Waals surface area contributed by atoms with Gasteiger partial charge in [-0.15, -0.1) is 0 Å². The van der Waals surface area contributed by atoms with Gasteiger partial charge in [0.1, 0.15) is 0 Å². The van der Waals surface area contributed by atoms with E-state index in [1.54, 1.807) is 19.1 Å². The molecule has 0 amide bonds. The molecule has 0 saturated carbocycles. The number of benzene rings is 3. The summed E-state index contributed by atoms with van der Waals surface area (Å²) in [5.41, 5.74) is -2.23. The van der Waals surface area contributed by atoms with Crippen molar-refractivity contribution in [3.05, 3.63) is 98.5 Å². The van der Waals surface area contributed by atoms with Crippen molar-refractivity contribution in [2.45, 2.75) is 13.3 Å². The largest absolute Gasteiger partial charge is 0.253 e. The van der Waals surface area contributed by atoms with Crippen LogP contribution in [0.5, 0.6) is 0 Å².